The Bertz CT molecular complexity index is 401. The fourth-order valence-electron chi connectivity index (χ4n) is 2.72. The first-order chi connectivity index (χ1) is 11.2. The van der Waals surface area contributed by atoms with E-state index < -0.39 is 5.97 Å². The molecule has 132 valence electrons. The maximum Gasteiger partial charge on any atom is 0.315 e. The fourth-order valence-corrected chi connectivity index (χ4v) is 6.20. The van der Waals surface area contributed by atoms with Crippen molar-refractivity contribution in [3.05, 3.63) is 0 Å². The fraction of sp³-hybridized carbons (Fsp3) is 0.857. The van der Waals surface area contributed by atoms with Crippen LogP contribution < -0.4 is 16.0 Å². The monoisotopic (exact) mass is 379 g/mol. The molecule has 4 N–H and O–H groups in total. The number of urea groups is 1. The van der Waals surface area contributed by atoms with Crippen molar-refractivity contribution >= 4 is 45.4 Å². The van der Waals surface area contributed by atoms with Crippen LogP contribution in [0.1, 0.15) is 25.7 Å². The summed E-state index contributed by atoms with van der Waals surface area (Å²) in [6.45, 7) is 1.99. The SMILES string of the molecule is O=C(O)CCSSCCNCCCCC1SC[C@@H]2NC(=O)N[C@H]12. The van der Waals surface area contributed by atoms with Crippen LogP contribution in [0.4, 0.5) is 4.79 Å². The van der Waals surface area contributed by atoms with Crippen LogP contribution in [0.5, 0.6) is 0 Å². The number of carbonyl (C=O) groups is 2. The Hall–Kier alpha value is -0.250. The Morgan fingerprint density at radius 1 is 1.26 bits per heavy atom. The molecule has 3 atom stereocenters. The number of unbranched alkanes of at least 4 members (excludes halogenated alkanes) is 1. The zero-order valence-electron chi connectivity index (χ0n) is 13.1. The number of nitrogens with one attached hydrogen (secondary N) is 3. The van der Waals surface area contributed by atoms with Crippen molar-refractivity contribution in [1.29, 1.82) is 0 Å². The van der Waals surface area contributed by atoms with Gasteiger partial charge in [0.1, 0.15) is 0 Å². The molecule has 2 amide bonds. The molecule has 0 radical (unpaired) electrons. The smallest absolute Gasteiger partial charge is 0.315 e. The Kier molecular flexibility index (Phi) is 8.78. The van der Waals surface area contributed by atoms with Gasteiger partial charge in [-0.25, -0.2) is 4.79 Å². The lowest BCUT2D eigenvalue weighted by molar-refractivity contribution is -0.136. The van der Waals surface area contributed by atoms with Crippen molar-refractivity contribution in [2.45, 2.75) is 43.0 Å². The minimum Gasteiger partial charge on any atom is -0.481 e. The van der Waals surface area contributed by atoms with Gasteiger partial charge < -0.3 is 21.1 Å². The van der Waals surface area contributed by atoms with Crippen LogP contribution in [0.15, 0.2) is 0 Å². The third-order valence-corrected chi connectivity index (χ3v) is 7.79. The van der Waals surface area contributed by atoms with E-state index in [0.29, 0.717) is 23.1 Å². The van der Waals surface area contributed by atoms with Gasteiger partial charge in [0.25, 0.3) is 0 Å². The largest absolute Gasteiger partial charge is 0.481 e. The van der Waals surface area contributed by atoms with Gasteiger partial charge in [0.15, 0.2) is 0 Å². The second kappa shape index (κ2) is 10.6. The summed E-state index contributed by atoms with van der Waals surface area (Å²) in [6, 6.07) is 0.636. The third kappa shape index (κ3) is 7.03. The number of thioether (sulfide) groups is 1. The number of fused-ring (bicyclic) bond motifs is 1. The van der Waals surface area contributed by atoms with Crippen molar-refractivity contribution < 1.29 is 14.7 Å². The molecule has 9 heteroatoms. The normalized spacial score (nSPS) is 25.9. The molecule has 0 aliphatic carbocycles. The van der Waals surface area contributed by atoms with Gasteiger partial charge in [0.2, 0.25) is 0 Å². The van der Waals surface area contributed by atoms with Gasteiger partial charge >= 0.3 is 12.0 Å². The minimum atomic E-state index is -0.726. The van der Waals surface area contributed by atoms with E-state index in [4.69, 9.17) is 5.11 Å². The number of carbonyl (C=O) groups excluding carboxylic acids is 1. The van der Waals surface area contributed by atoms with Crippen molar-refractivity contribution in [2.24, 2.45) is 0 Å². The lowest BCUT2D eigenvalue weighted by Gasteiger charge is -2.16. The van der Waals surface area contributed by atoms with Crippen LogP contribution in [-0.4, -0.2) is 64.8 Å². The van der Waals surface area contributed by atoms with Crippen molar-refractivity contribution in [2.75, 3.05) is 30.3 Å². The van der Waals surface area contributed by atoms with E-state index in [1.807, 2.05) is 11.8 Å². The zero-order valence-corrected chi connectivity index (χ0v) is 15.5. The summed E-state index contributed by atoms with van der Waals surface area (Å²) < 4.78 is 0. The van der Waals surface area contributed by atoms with Gasteiger partial charge in [-0.3, -0.25) is 4.79 Å². The number of amides is 2. The molecule has 0 saturated carbocycles. The molecule has 2 rings (SSSR count). The molecule has 2 fully saturated rings. The number of hydrogen-bond donors (Lipinski definition) is 4. The van der Waals surface area contributed by atoms with Gasteiger partial charge in [-0.2, -0.15) is 11.8 Å². The van der Waals surface area contributed by atoms with Gasteiger partial charge in [-0.05, 0) is 19.4 Å². The van der Waals surface area contributed by atoms with Gasteiger partial charge in [-0.1, -0.05) is 28.0 Å². The van der Waals surface area contributed by atoms with Crippen molar-refractivity contribution in [3.63, 3.8) is 0 Å². The molecular formula is C14H25N3O3S3. The van der Waals surface area contributed by atoms with E-state index >= 15 is 0 Å². The molecule has 0 aromatic carbocycles. The molecule has 2 heterocycles. The molecule has 2 aliphatic heterocycles. The summed E-state index contributed by atoms with van der Waals surface area (Å²) in [5.74, 6) is 1.98. The number of hydrogen-bond acceptors (Lipinski definition) is 6. The zero-order chi connectivity index (χ0) is 16.5. The van der Waals surface area contributed by atoms with E-state index in [-0.39, 0.29) is 12.5 Å². The summed E-state index contributed by atoms with van der Waals surface area (Å²) in [7, 11) is 3.36. The maximum absolute atomic E-state index is 11.3. The quantitative estimate of drug-likeness (QED) is 0.233. The molecule has 0 bridgehead atoms. The summed E-state index contributed by atoms with van der Waals surface area (Å²) in [5.41, 5.74) is 0. The average Bonchev–Trinajstić information content (AvgIpc) is 3.04. The van der Waals surface area contributed by atoms with Gasteiger partial charge in [-0.15, -0.1) is 0 Å². The van der Waals surface area contributed by atoms with Crippen LogP contribution in [0.25, 0.3) is 0 Å². The van der Waals surface area contributed by atoms with Crippen LogP contribution in [0.3, 0.4) is 0 Å². The molecule has 0 aromatic heterocycles. The lowest BCUT2D eigenvalue weighted by Crippen LogP contribution is -2.36. The predicted molar refractivity (Wildman–Crippen MR) is 99.4 cm³/mol. The van der Waals surface area contributed by atoms with Crippen molar-refractivity contribution in [1.82, 2.24) is 16.0 Å². The lowest BCUT2D eigenvalue weighted by atomic mass is 10.0. The number of rotatable bonds is 12. The summed E-state index contributed by atoms with van der Waals surface area (Å²) in [6.07, 6.45) is 3.74. The molecule has 1 unspecified atom stereocenters. The van der Waals surface area contributed by atoms with E-state index in [1.165, 1.54) is 6.42 Å². The first kappa shape index (κ1) is 19.1. The standard InChI is InChI=1S/C14H25N3O3S3/c18-12(19)4-7-22-23-8-6-15-5-2-1-3-11-13-10(9-21-11)16-14(20)17-13/h10-11,13,15H,1-9H2,(H,18,19)(H2,16,17,20)/t10-,11?,13-/m0/s1. The highest BCUT2D eigenvalue weighted by Gasteiger charge is 2.42. The number of carboxylic acid groups (broad SMARTS) is 1. The van der Waals surface area contributed by atoms with E-state index in [9.17, 15) is 9.59 Å². The van der Waals surface area contributed by atoms with Crippen LogP contribution >= 0.6 is 33.3 Å². The van der Waals surface area contributed by atoms with Crippen LogP contribution in [0, 0.1) is 0 Å². The van der Waals surface area contributed by atoms with E-state index in [1.54, 1.807) is 21.6 Å². The molecular weight excluding hydrogens is 354 g/mol. The molecule has 2 aliphatic rings. The molecule has 0 spiro atoms. The molecule has 0 aromatic rings. The average molecular weight is 380 g/mol. The molecule has 6 nitrogen and oxygen atoms in total. The Balaban J connectivity index is 1.37. The predicted octanol–water partition coefficient (Wildman–Crippen LogP) is 1.77. The topological polar surface area (TPSA) is 90.5 Å². The molecule has 2 saturated heterocycles. The van der Waals surface area contributed by atoms with Crippen LogP contribution in [0.2, 0.25) is 0 Å². The third-order valence-electron chi connectivity index (χ3n) is 3.88. The summed E-state index contributed by atoms with van der Waals surface area (Å²) in [5, 5.41) is 18.5. The minimum absolute atomic E-state index is 0.00862. The highest BCUT2D eigenvalue weighted by molar-refractivity contribution is 8.76. The first-order valence-corrected chi connectivity index (χ1v) is 11.6. The molecule has 23 heavy (non-hydrogen) atoms. The number of carboxylic acids is 1. The van der Waals surface area contributed by atoms with E-state index in [0.717, 1.165) is 37.4 Å². The summed E-state index contributed by atoms with van der Waals surface area (Å²) >= 11 is 1.97. The highest BCUT2D eigenvalue weighted by atomic mass is 33.1. The highest BCUT2D eigenvalue weighted by Crippen LogP contribution is 2.32. The first-order valence-electron chi connectivity index (χ1n) is 8.02. The van der Waals surface area contributed by atoms with Crippen LogP contribution in [-0.2, 0) is 4.79 Å². The number of aliphatic carboxylic acids is 1. The van der Waals surface area contributed by atoms with Gasteiger partial charge in [0, 0.05) is 29.1 Å². The van der Waals surface area contributed by atoms with E-state index in [2.05, 4.69) is 16.0 Å². The van der Waals surface area contributed by atoms with Crippen molar-refractivity contribution in [3.8, 4) is 0 Å². The second-order valence-corrected chi connectivity index (χ2v) is 9.63. The Morgan fingerprint density at radius 2 is 2.09 bits per heavy atom. The Labute approximate surface area is 149 Å². The maximum atomic E-state index is 11.3. The second-order valence-electron chi connectivity index (χ2n) is 5.66. The Morgan fingerprint density at radius 3 is 2.91 bits per heavy atom. The summed E-state index contributed by atoms with van der Waals surface area (Å²) in [4.78, 5) is 21.7. The van der Waals surface area contributed by atoms with Gasteiger partial charge in [0.05, 0.1) is 18.5 Å².